The Labute approximate surface area is 178 Å². The molecule has 0 aliphatic heterocycles. The van der Waals surface area contributed by atoms with Crippen LogP contribution in [0, 0.1) is 6.92 Å². The van der Waals surface area contributed by atoms with Crippen LogP contribution in [0.25, 0.3) is 5.69 Å². The normalized spacial score (nSPS) is 11.4. The Balaban J connectivity index is 2.11. The molecule has 0 aliphatic rings. The summed E-state index contributed by atoms with van der Waals surface area (Å²) in [5, 5.41) is 10.9. The molecule has 0 aliphatic carbocycles. The number of aromatic nitrogens is 2. The average molecular weight is 421 g/mol. The molecule has 1 aromatic heterocycles. The lowest BCUT2D eigenvalue weighted by Crippen LogP contribution is -2.33. The predicted octanol–water partition coefficient (Wildman–Crippen LogP) is 3.25. The maximum Gasteiger partial charge on any atom is 0.338 e. The molecule has 3 rings (SSSR count). The second-order valence-corrected chi connectivity index (χ2v) is 6.76. The molecule has 1 heterocycles. The molecule has 0 spiro atoms. The summed E-state index contributed by atoms with van der Waals surface area (Å²) >= 11 is 0. The molecule has 3 aromatic rings. The van der Waals surface area contributed by atoms with Gasteiger partial charge in [-0.05, 0) is 56.2 Å². The van der Waals surface area contributed by atoms with Crippen molar-refractivity contribution in [1.82, 2.24) is 9.55 Å². The minimum absolute atomic E-state index is 0.0835. The average Bonchev–Trinajstić information content (AvgIpc) is 2.74. The number of ether oxygens (including phenoxy) is 1. The number of benzene rings is 2. The summed E-state index contributed by atoms with van der Waals surface area (Å²) in [4.78, 5) is 43.6. The number of carbonyl (C=O) groups excluding carboxylic acids is 1. The van der Waals surface area contributed by atoms with E-state index >= 15 is 0 Å². The standard InChI is InChI=1S/C23H23N3O5/c1-4-17(24-16-12-10-15(11-13-16)22(29)31-5-2)19-20(27)25-23(30)26(21(19)28)18-9-7-6-8-14(18)3/h6-13,28H,4-5H2,1-3H3,(H,25,27,30). The lowest BCUT2D eigenvalue weighted by Gasteiger charge is -2.14. The third kappa shape index (κ3) is 4.48. The molecular weight excluding hydrogens is 398 g/mol. The summed E-state index contributed by atoms with van der Waals surface area (Å²) < 4.78 is 6.02. The number of aryl methyl sites for hydroxylation is 1. The molecule has 2 aromatic carbocycles. The molecule has 8 heteroatoms. The van der Waals surface area contributed by atoms with Crippen molar-refractivity contribution in [1.29, 1.82) is 0 Å². The summed E-state index contributed by atoms with van der Waals surface area (Å²) in [6.07, 6.45) is 0.322. The molecule has 8 nitrogen and oxygen atoms in total. The highest BCUT2D eigenvalue weighted by Crippen LogP contribution is 2.23. The van der Waals surface area contributed by atoms with Crippen LogP contribution >= 0.6 is 0 Å². The number of H-pyrrole nitrogens is 1. The zero-order valence-electron chi connectivity index (χ0n) is 17.5. The van der Waals surface area contributed by atoms with Gasteiger partial charge in [0.1, 0.15) is 5.56 Å². The van der Waals surface area contributed by atoms with Gasteiger partial charge in [-0.25, -0.2) is 14.2 Å². The molecule has 0 bridgehead atoms. The summed E-state index contributed by atoms with van der Waals surface area (Å²) in [7, 11) is 0. The maximum absolute atomic E-state index is 12.6. The molecule has 2 N–H and O–H groups in total. The Kier molecular flexibility index (Phi) is 6.49. The minimum atomic E-state index is -0.741. The molecule has 0 atom stereocenters. The van der Waals surface area contributed by atoms with Gasteiger partial charge in [-0.3, -0.25) is 14.8 Å². The van der Waals surface area contributed by atoms with Crippen LogP contribution in [0.4, 0.5) is 5.69 Å². The van der Waals surface area contributed by atoms with Gasteiger partial charge in [0.15, 0.2) is 0 Å². The Hall–Kier alpha value is -3.94. The van der Waals surface area contributed by atoms with Gasteiger partial charge in [-0.1, -0.05) is 25.1 Å². The summed E-state index contributed by atoms with van der Waals surface area (Å²) in [6.45, 7) is 5.58. The highest BCUT2D eigenvalue weighted by atomic mass is 16.5. The quantitative estimate of drug-likeness (QED) is 0.468. The van der Waals surface area contributed by atoms with E-state index in [1.807, 2.05) is 6.07 Å². The van der Waals surface area contributed by atoms with E-state index in [0.29, 0.717) is 29.1 Å². The molecule has 0 saturated heterocycles. The van der Waals surface area contributed by atoms with Crippen LogP contribution in [0.5, 0.6) is 5.88 Å². The first-order valence-electron chi connectivity index (χ1n) is 9.86. The van der Waals surface area contributed by atoms with Crippen molar-refractivity contribution in [2.75, 3.05) is 6.61 Å². The van der Waals surface area contributed by atoms with E-state index in [9.17, 15) is 19.5 Å². The molecule has 160 valence electrons. The third-order valence-electron chi connectivity index (χ3n) is 4.71. The molecule has 0 saturated carbocycles. The van der Waals surface area contributed by atoms with Crippen LogP contribution in [0.3, 0.4) is 0 Å². The third-order valence-corrected chi connectivity index (χ3v) is 4.71. The van der Waals surface area contributed by atoms with Gasteiger partial charge in [0.25, 0.3) is 5.56 Å². The molecule has 31 heavy (non-hydrogen) atoms. The van der Waals surface area contributed by atoms with Gasteiger partial charge >= 0.3 is 11.7 Å². The number of aromatic amines is 1. The number of nitrogens with zero attached hydrogens (tertiary/aromatic N) is 2. The number of aromatic hydroxyl groups is 1. The summed E-state index contributed by atoms with van der Waals surface area (Å²) in [5.41, 5.74) is 0.819. The van der Waals surface area contributed by atoms with Gasteiger partial charge in [-0.2, -0.15) is 0 Å². The van der Waals surface area contributed by atoms with Crippen LogP contribution in [0.15, 0.2) is 63.1 Å². The van der Waals surface area contributed by atoms with E-state index in [-0.39, 0.29) is 12.2 Å². The number of carbonyl (C=O) groups is 1. The van der Waals surface area contributed by atoms with Gasteiger partial charge in [0.05, 0.1) is 29.3 Å². The van der Waals surface area contributed by atoms with Gasteiger partial charge < -0.3 is 9.84 Å². The second kappa shape index (κ2) is 9.25. The van der Waals surface area contributed by atoms with E-state index in [1.165, 1.54) is 0 Å². The fraction of sp³-hybridized carbons (Fsp3) is 0.217. The minimum Gasteiger partial charge on any atom is -0.493 e. The van der Waals surface area contributed by atoms with E-state index in [4.69, 9.17) is 4.74 Å². The Bertz CT molecular complexity index is 1250. The highest BCUT2D eigenvalue weighted by molar-refractivity contribution is 6.03. The van der Waals surface area contributed by atoms with Crippen LogP contribution in [-0.4, -0.2) is 32.9 Å². The van der Waals surface area contributed by atoms with Crippen LogP contribution < -0.4 is 11.2 Å². The topological polar surface area (TPSA) is 114 Å². The van der Waals surface area contributed by atoms with E-state index < -0.39 is 23.1 Å². The van der Waals surface area contributed by atoms with Crippen molar-refractivity contribution in [3.8, 4) is 11.6 Å². The van der Waals surface area contributed by atoms with E-state index in [1.54, 1.807) is 63.2 Å². The molecule has 0 fully saturated rings. The number of esters is 1. The highest BCUT2D eigenvalue weighted by Gasteiger charge is 2.20. The fourth-order valence-electron chi connectivity index (χ4n) is 3.18. The van der Waals surface area contributed by atoms with E-state index in [0.717, 1.165) is 10.1 Å². The summed E-state index contributed by atoms with van der Waals surface area (Å²) in [6, 6.07) is 13.4. The van der Waals surface area contributed by atoms with Gasteiger partial charge in [-0.15, -0.1) is 0 Å². The Morgan fingerprint density at radius 3 is 2.39 bits per heavy atom. The first-order valence-corrected chi connectivity index (χ1v) is 9.86. The van der Waals surface area contributed by atoms with E-state index in [2.05, 4.69) is 9.98 Å². The van der Waals surface area contributed by atoms with Gasteiger partial charge in [0, 0.05) is 0 Å². The monoisotopic (exact) mass is 421 g/mol. The molecule has 0 unspecified atom stereocenters. The van der Waals surface area contributed by atoms with Crippen LogP contribution in [0.2, 0.25) is 0 Å². The number of rotatable bonds is 6. The number of nitrogens with one attached hydrogen (secondary N) is 1. The Morgan fingerprint density at radius 1 is 1.10 bits per heavy atom. The lowest BCUT2D eigenvalue weighted by molar-refractivity contribution is 0.0526. The fourth-order valence-corrected chi connectivity index (χ4v) is 3.18. The van der Waals surface area contributed by atoms with Crippen LogP contribution in [0.1, 0.15) is 41.8 Å². The van der Waals surface area contributed by atoms with Crippen molar-refractivity contribution in [3.63, 3.8) is 0 Å². The van der Waals surface area contributed by atoms with Crippen molar-refractivity contribution >= 4 is 17.4 Å². The van der Waals surface area contributed by atoms with Crippen LogP contribution in [-0.2, 0) is 4.74 Å². The molecule has 0 radical (unpaired) electrons. The molecular formula is C23H23N3O5. The maximum atomic E-state index is 12.6. The smallest absolute Gasteiger partial charge is 0.338 e. The predicted molar refractivity (Wildman–Crippen MR) is 118 cm³/mol. The number of hydrogen-bond donors (Lipinski definition) is 2. The zero-order valence-corrected chi connectivity index (χ0v) is 17.5. The summed E-state index contributed by atoms with van der Waals surface area (Å²) in [5.74, 6) is -0.917. The Morgan fingerprint density at radius 2 is 1.77 bits per heavy atom. The molecule has 0 amide bonds. The number of aliphatic imine (C=N–C) groups is 1. The first-order chi connectivity index (χ1) is 14.9. The number of para-hydroxylation sites is 1. The van der Waals surface area contributed by atoms with Crippen molar-refractivity contribution in [3.05, 3.63) is 86.1 Å². The van der Waals surface area contributed by atoms with Crippen molar-refractivity contribution < 1.29 is 14.6 Å². The lowest BCUT2D eigenvalue weighted by atomic mass is 10.1. The second-order valence-electron chi connectivity index (χ2n) is 6.76. The zero-order chi connectivity index (χ0) is 22.5. The first kappa shape index (κ1) is 21.8. The van der Waals surface area contributed by atoms with Crippen molar-refractivity contribution in [2.24, 2.45) is 4.99 Å². The largest absolute Gasteiger partial charge is 0.493 e. The number of hydrogen-bond acceptors (Lipinski definition) is 6. The van der Waals surface area contributed by atoms with Crippen molar-refractivity contribution in [2.45, 2.75) is 27.2 Å². The van der Waals surface area contributed by atoms with Gasteiger partial charge in [0.2, 0.25) is 5.88 Å². The SMILES string of the molecule is CCOC(=O)c1ccc(N=C(CC)c2c(O)n(-c3ccccc3C)c(=O)[nH]c2=O)cc1.